The molecule has 2 aromatic rings. The minimum Gasteiger partial charge on any atom is -0.383 e. The van der Waals surface area contributed by atoms with Crippen LogP contribution in [0.15, 0.2) is 35.5 Å². The minimum absolute atomic E-state index is 0. The molecule has 0 unspecified atom stereocenters. The van der Waals surface area contributed by atoms with Crippen molar-refractivity contribution in [2.45, 2.75) is 33.2 Å². The third kappa shape index (κ3) is 7.47. The second kappa shape index (κ2) is 12.4. The zero-order chi connectivity index (χ0) is 21.4. The van der Waals surface area contributed by atoms with Gasteiger partial charge in [-0.3, -0.25) is 19.8 Å². The van der Waals surface area contributed by atoms with E-state index in [1.807, 2.05) is 25.7 Å². The maximum absolute atomic E-state index is 10.7. The maximum atomic E-state index is 10.7. The highest BCUT2D eigenvalue weighted by Gasteiger charge is 2.15. The summed E-state index contributed by atoms with van der Waals surface area (Å²) in [5.41, 5.74) is 3.22. The van der Waals surface area contributed by atoms with E-state index < -0.39 is 4.92 Å². The number of nitro groups is 1. The van der Waals surface area contributed by atoms with Gasteiger partial charge in [0.15, 0.2) is 5.96 Å². The lowest BCUT2D eigenvalue weighted by Crippen LogP contribution is -2.39. The first-order valence-electron chi connectivity index (χ1n) is 9.82. The van der Waals surface area contributed by atoms with Gasteiger partial charge in [-0.1, -0.05) is 13.8 Å². The first-order chi connectivity index (χ1) is 13.8. The molecule has 0 spiro atoms. The number of rotatable bonds is 9. The van der Waals surface area contributed by atoms with Gasteiger partial charge in [-0.2, -0.15) is 5.10 Å². The first-order valence-corrected chi connectivity index (χ1v) is 9.82. The highest BCUT2D eigenvalue weighted by molar-refractivity contribution is 14.0. The molecule has 1 heterocycles. The fourth-order valence-electron chi connectivity index (χ4n) is 3.03. The second-order valence-corrected chi connectivity index (χ2v) is 7.19. The van der Waals surface area contributed by atoms with Crippen LogP contribution in [-0.4, -0.2) is 52.2 Å². The van der Waals surface area contributed by atoms with Crippen molar-refractivity contribution in [2.24, 2.45) is 12.0 Å². The zero-order valence-corrected chi connectivity index (χ0v) is 20.6. The van der Waals surface area contributed by atoms with E-state index >= 15 is 0 Å². The fourth-order valence-corrected chi connectivity index (χ4v) is 3.03. The lowest BCUT2D eigenvalue weighted by atomic mass is 10.1. The molecule has 30 heavy (non-hydrogen) atoms. The third-order valence-electron chi connectivity index (χ3n) is 4.37. The second-order valence-electron chi connectivity index (χ2n) is 7.19. The molecule has 0 bridgehead atoms. The van der Waals surface area contributed by atoms with Crippen molar-refractivity contribution in [3.63, 3.8) is 0 Å². The Hall–Kier alpha value is -2.37. The van der Waals surface area contributed by atoms with Crippen LogP contribution in [0, 0.1) is 10.1 Å². The molecule has 0 saturated carbocycles. The largest absolute Gasteiger partial charge is 0.383 e. The number of nitrogens with one attached hydrogen (secondary N) is 2. The quantitative estimate of drug-likeness (QED) is 0.129. The first kappa shape index (κ1) is 25.7. The molecule has 9 nitrogen and oxygen atoms in total. The number of hydrogen-bond acceptors (Lipinski definition) is 5. The Balaban J connectivity index is 0.00000450. The molecule has 0 aliphatic heterocycles. The minimum atomic E-state index is -0.403. The topological polar surface area (TPSA) is 101 Å². The predicted octanol–water partition coefficient (Wildman–Crippen LogP) is 3.58. The number of guanidine groups is 1. The highest BCUT2D eigenvalue weighted by Crippen LogP contribution is 2.18. The number of nitro benzene ring substituents is 1. The van der Waals surface area contributed by atoms with Gasteiger partial charge in [-0.05, 0) is 25.0 Å². The van der Waals surface area contributed by atoms with Gasteiger partial charge >= 0.3 is 0 Å². The molecule has 10 heteroatoms. The van der Waals surface area contributed by atoms with Crippen molar-refractivity contribution in [1.29, 1.82) is 0 Å². The summed E-state index contributed by atoms with van der Waals surface area (Å²) in [4.78, 5) is 17.1. The van der Waals surface area contributed by atoms with E-state index in [1.54, 1.807) is 12.1 Å². The number of benzene rings is 1. The molecule has 1 aromatic carbocycles. The van der Waals surface area contributed by atoms with E-state index in [0.29, 0.717) is 19.0 Å². The molecule has 0 fully saturated rings. The average Bonchev–Trinajstić information content (AvgIpc) is 3.05. The summed E-state index contributed by atoms with van der Waals surface area (Å²) in [5, 5.41) is 21.8. The highest BCUT2D eigenvalue weighted by atomic mass is 127. The van der Waals surface area contributed by atoms with Crippen LogP contribution in [0.2, 0.25) is 0 Å². The Morgan fingerprint density at radius 3 is 2.57 bits per heavy atom. The Morgan fingerprint density at radius 2 is 2.00 bits per heavy atom. The summed E-state index contributed by atoms with van der Waals surface area (Å²) in [5.74, 6) is 1.20. The van der Waals surface area contributed by atoms with Crippen LogP contribution in [0.1, 0.15) is 37.9 Å². The van der Waals surface area contributed by atoms with Crippen LogP contribution in [0.5, 0.6) is 0 Å². The smallest absolute Gasteiger partial charge is 0.269 e. The van der Waals surface area contributed by atoms with Crippen LogP contribution in [0.25, 0.3) is 0 Å². The summed E-state index contributed by atoms with van der Waals surface area (Å²) in [6, 6.07) is 6.39. The number of halogens is 1. The van der Waals surface area contributed by atoms with Gasteiger partial charge in [0.2, 0.25) is 0 Å². The van der Waals surface area contributed by atoms with E-state index in [0.717, 1.165) is 30.4 Å². The van der Waals surface area contributed by atoms with Crippen LogP contribution < -0.4 is 10.6 Å². The number of hydrogen-bond donors (Lipinski definition) is 2. The predicted molar refractivity (Wildman–Crippen MR) is 132 cm³/mol. The molecule has 0 aliphatic carbocycles. The summed E-state index contributed by atoms with van der Waals surface area (Å²) in [7, 11) is 3.96. The SMILES string of the molecule is CCNC(=NCCNc1ccc([N+](=O)[O-])cc1)N(C)Cc1cn(C)nc1C(C)C.I. The standard InChI is InChI=1S/C20H31N7O2.HI/c1-6-21-20(25(4)13-16-14-26(5)24-19(16)15(2)3)23-12-11-22-17-7-9-18(10-8-17)27(28)29;/h7-10,14-15,22H,6,11-13H2,1-5H3,(H,21,23);1H. The lowest BCUT2D eigenvalue weighted by Gasteiger charge is -2.22. The summed E-state index contributed by atoms with van der Waals surface area (Å²) >= 11 is 0. The van der Waals surface area contributed by atoms with Gasteiger partial charge in [-0.25, -0.2) is 0 Å². The van der Waals surface area contributed by atoms with Crippen molar-refractivity contribution < 1.29 is 4.92 Å². The van der Waals surface area contributed by atoms with Gasteiger partial charge < -0.3 is 15.5 Å². The van der Waals surface area contributed by atoms with E-state index in [1.165, 1.54) is 17.7 Å². The summed E-state index contributed by atoms with van der Waals surface area (Å²) < 4.78 is 1.86. The van der Waals surface area contributed by atoms with E-state index in [-0.39, 0.29) is 29.7 Å². The Bertz CT molecular complexity index is 834. The van der Waals surface area contributed by atoms with Gasteiger partial charge in [0, 0.05) is 63.3 Å². The monoisotopic (exact) mass is 529 g/mol. The number of aromatic nitrogens is 2. The van der Waals surface area contributed by atoms with Crippen LogP contribution in [-0.2, 0) is 13.6 Å². The van der Waals surface area contributed by atoms with Crippen molar-refractivity contribution >= 4 is 41.3 Å². The van der Waals surface area contributed by atoms with Crippen molar-refractivity contribution in [1.82, 2.24) is 20.0 Å². The van der Waals surface area contributed by atoms with Crippen molar-refractivity contribution in [2.75, 3.05) is 32.0 Å². The van der Waals surface area contributed by atoms with Crippen LogP contribution in [0.3, 0.4) is 0 Å². The number of anilines is 1. The molecule has 0 amide bonds. The normalized spacial score (nSPS) is 11.2. The number of aliphatic imine (C=N–C) groups is 1. The third-order valence-corrected chi connectivity index (χ3v) is 4.37. The number of non-ortho nitro benzene ring substituents is 1. The van der Waals surface area contributed by atoms with Gasteiger partial charge in [0.05, 0.1) is 17.2 Å². The average molecular weight is 529 g/mol. The zero-order valence-electron chi connectivity index (χ0n) is 18.3. The molecule has 0 atom stereocenters. The number of aryl methyl sites for hydroxylation is 1. The molecular formula is C20H32IN7O2. The molecule has 2 rings (SSSR count). The molecule has 0 radical (unpaired) electrons. The molecule has 166 valence electrons. The van der Waals surface area contributed by atoms with Crippen LogP contribution in [0.4, 0.5) is 11.4 Å². The molecule has 1 aromatic heterocycles. The van der Waals surface area contributed by atoms with Gasteiger partial charge in [-0.15, -0.1) is 24.0 Å². The summed E-state index contributed by atoms with van der Waals surface area (Å²) in [6.07, 6.45) is 2.06. The van der Waals surface area contributed by atoms with Crippen LogP contribution >= 0.6 is 24.0 Å². The molecule has 2 N–H and O–H groups in total. The molecule has 0 saturated heterocycles. The fraction of sp³-hybridized carbons (Fsp3) is 0.500. The van der Waals surface area contributed by atoms with Gasteiger partial charge in [0.1, 0.15) is 0 Å². The Labute approximate surface area is 195 Å². The van der Waals surface area contributed by atoms with E-state index in [9.17, 15) is 10.1 Å². The van der Waals surface area contributed by atoms with Gasteiger partial charge in [0.25, 0.3) is 5.69 Å². The molecular weight excluding hydrogens is 497 g/mol. The summed E-state index contributed by atoms with van der Waals surface area (Å²) in [6.45, 7) is 9.05. The molecule has 0 aliphatic rings. The lowest BCUT2D eigenvalue weighted by molar-refractivity contribution is -0.384. The number of nitrogens with zero attached hydrogens (tertiary/aromatic N) is 5. The van der Waals surface area contributed by atoms with E-state index in [2.05, 4.69) is 45.7 Å². The van der Waals surface area contributed by atoms with Crippen molar-refractivity contribution in [3.05, 3.63) is 51.8 Å². The Kier molecular flexibility index (Phi) is 10.6. The van der Waals surface area contributed by atoms with Crippen molar-refractivity contribution in [3.8, 4) is 0 Å². The Morgan fingerprint density at radius 1 is 1.33 bits per heavy atom. The van der Waals surface area contributed by atoms with E-state index in [4.69, 9.17) is 0 Å². The maximum Gasteiger partial charge on any atom is 0.269 e.